The number of aliphatic imine (C=N–C) groups is 1. The van der Waals surface area contributed by atoms with Gasteiger partial charge in [0.25, 0.3) is 11.7 Å². The van der Waals surface area contributed by atoms with Gasteiger partial charge in [-0.3, -0.25) is 24.3 Å². The lowest BCUT2D eigenvalue weighted by Crippen LogP contribution is -2.46. The standard InChI is InChI=1S/C49H60N4O11/c1-25-14-13-15-26(2)47(60)51-39-38-37(52-49(23-50-38)19-20-53(24-49)22-32-16-11-10-12-17-32)34-35(43(39)58)42(57)30(6)45-36(34)46(59)48(8,64-45)62-21-18-33(61-9)27(3)44(63-31(7)54)29(5)41(56)28(4)40(25)55/h10-18,21,23,25,27-29,33,40-41,44,52,55-58H,19-20,22,24H2,1-9H3,(H,51,60)/t25-,27+,28+,29+,33-,40-,41+,44+,48-,49?/m0/s1. The number of nitrogens with one attached hydrogen (secondary N) is 2. The number of phenolic OH excluding ortho intramolecular Hbond substituents is 2. The number of hydrogen-bond donors (Lipinski definition) is 6. The molecule has 3 aromatic carbocycles. The molecule has 3 aromatic rings. The lowest BCUT2D eigenvalue weighted by atomic mass is 9.78. The Morgan fingerprint density at radius 2 is 1.69 bits per heavy atom. The molecule has 1 fully saturated rings. The summed E-state index contributed by atoms with van der Waals surface area (Å²) in [5.41, 5.74) is 1.24. The van der Waals surface area contributed by atoms with E-state index in [0.717, 1.165) is 12.1 Å². The molecule has 0 saturated carbocycles. The number of phenols is 2. The van der Waals surface area contributed by atoms with Crippen LogP contribution in [0.5, 0.6) is 17.2 Å². The smallest absolute Gasteiger partial charge is 0.312 e. The summed E-state index contributed by atoms with van der Waals surface area (Å²) in [5.74, 6) is -6.97. The molecule has 1 amide bonds. The Morgan fingerprint density at radius 1 is 0.969 bits per heavy atom. The van der Waals surface area contributed by atoms with Gasteiger partial charge in [0.05, 0.1) is 46.7 Å². The Bertz CT molecular complexity index is 2450. The molecule has 0 aliphatic carbocycles. The quantitative estimate of drug-likeness (QED) is 0.0905. The van der Waals surface area contributed by atoms with Gasteiger partial charge in [-0.05, 0) is 31.9 Å². The number of hydrogen-bond acceptors (Lipinski definition) is 14. The van der Waals surface area contributed by atoms with E-state index in [-0.39, 0.29) is 50.3 Å². The molecule has 6 N–H and O–H groups in total. The molecule has 1 saturated heterocycles. The van der Waals surface area contributed by atoms with Crippen molar-refractivity contribution in [2.75, 3.05) is 30.8 Å². The topological polar surface area (TPSA) is 209 Å². The van der Waals surface area contributed by atoms with Crippen LogP contribution in [-0.2, 0) is 30.3 Å². The number of aliphatic hydroxyl groups is 2. The molecular weight excluding hydrogens is 821 g/mol. The second-order valence-electron chi connectivity index (χ2n) is 18.1. The SMILES string of the molecule is CO[C@H]1C=CO[C@@]2(C)Oc3c(C)c(O)c4c(O)c(c5c(c4c3C2=O)NC2(C=N5)CCN(Cc3ccccc3)C2)NC(=O)C(C)=CC=C[C@H](C)[C@H](O)[C@@H](C)[C@@H](O)[C@@H](C)[C@H](OC(C)=O)[C@@H]1C. The molecule has 4 aliphatic heterocycles. The third-order valence-corrected chi connectivity index (χ3v) is 13.4. The number of carbonyl (C=O) groups is 3. The number of ether oxygens (including phenoxy) is 4. The lowest BCUT2D eigenvalue weighted by molar-refractivity contribution is -0.160. The van der Waals surface area contributed by atoms with Crippen LogP contribution >= 0.6 is 0 Å². The van der Waals surface area contributed by atoms with Crippen LogP contribution in [0.3, 0.4) is 0 Å². The van der Waals surface area contributed by atoms with Crippen LogP contribution in [-0.4, -0.2) is 105 Å². The van der Waals surface area contributed by atoms with Gasteiger partial charge in [-0.1, -0.05) is 76.3 Å². The number of aliphatic hydroxyl groups excluding tert-OH is 2. The van der Waals surface area contributed by atoms with E-state index in [1.54, 1.807) is 72.1 Å². The number of allylic oxidation sites excluding steroid dienone is 2. The molecule has 342 valence electrons. The zero-order valence-electron chi connectivity index (χ0n) is 37.8. The first-order valence-electron chi connectivity index (χ1n) is 21.8. The minimum atomic E-state index is -1.97. The molecule has 0 radical (unpaired) electrons. The monoisotopic (exact) mass is 880 g/mol. The number of Topliss-reactive ketones (excluding diaryl/α,β-unsaturated/α-hetero) is 1. The summed E-state index contributed by atoms with van der Waals surface area (Å²) in [6.07, 6.45) is 6.33. The molecule has 4 aliphatic rings. The second-order valence-corrected chi connectivity index (χ2v) is 18.1. The molecular formula is C49H60N4O11. The van der Waals surface area contributed by atoms with Gasteiger partial charge in [-0.25, -0.2) is 0 Å². The molecule has 64 heavy (non-hydrogen) atoms. The van der Waals surface area contributed by atoms with Crippen LogP contribution in [0.2, 0.25) is 0 Å². The molecule has 1 unspecified atom stereocenters. The lowest BCUT2D eigenvalue weighted by Gasteiger charge is -2.38. The van der Waals surface area contributed by atoms with Crippen molar-refractivity contribution in [1.29, 1.82) is 0 Å². The van der Waals surface area contributed by atoms with Gasteiger partial charge < -0.3 is 50.0 Å². The molecule has 15 heteroatoms. The van der Waals surface area contributed by atoms with E-state index in [2.05, 4.69) is 27.7 Å². The zero-order valence-corrected chi connectivity index (χ0v) is 37.8. The molecule has 0 aromatic heterocycles. The van der Waals surface area contributed by atoms with Crippen LogP contribution in [0.4, 0.5) is 17.1 Å². The summed E-state index contributed by atoms with van der Waals surface area (Å²) in [6, 6.07) is 10.1. The zero-order chi connectivity index (χ0) is 46.4. The number of amides is 1. The summed E-state index contributed by atoms with van der Waals surface area (Å²) in [6.45, 7) is 14.8. The summed E-state index contributed by atoms with van der Waals surface area (Å²) < 4.78 is 24.1. The van der Waals surface area contributed by atoms with Gasteiger partial charge in [-0.2, -0.15) is 0 Å². The highest BCUT2D eigenvalue weighted by Crippen LogP contribution is 2.58. The van der Waals surface area contributed by atoms with E-state index in [1.807, 2.05) is 18.2 Å². The van der Waals surface area contributed by atoms with E-state index >= 15 is 0 Å². The highest BCUT2D eigenvalue weighted by atomic mass is 16.7. The number of carbonyl (C=O) groups excluding carboxylic acids is 3. The molecule has 1 spiro atoms. The minimum Gasteiger partial charge on any atom is -0.507 e. The number of methoxy groups -OCH3 is 1. The van der Waals surface area contributed by atoms with Crippen molar-refractivity contribution in [2.45, 2.75) is 104 Å². The Hall–Kier alpha value is -5.74. The van der Waals surface area contributed by atoms with Crippen molar-refractivity contribution < 1.29 is 53.8 Å². The fraction of sp³-hybridized carbons (Fsp3) is 0.469. The normalized spacial score (nSPS) is 31.1. The highest BCUT2D eigenvalue weighted by molar-refractivity contribution is 6.26. The largest absolute Gasteiger partial charge is 0.507 e. The Kier molecular flexibility index (Phi) is 13.0. The molecule has 10 atom stereocenters. The maximum absolute atomic E-state index is 14.9. The van der Waals surface area contributed by atoms with E-state index in [9.17, 15) is 34.8 Å². The maximum atomic E-state index is 14.9. The number of likely N-dealkylation sites (tertiary alicyclic amines) is 1. The van der Waals surface area contributed by atoms with E-state index in [4.69, 9.17) is 23.9 Å². The summed E-state index contributed by atoms with van der Waals surface area (Å²) in [4.78, 5) is 48.4. The van der Waals surface area contributed by atoms with Crippen molar-refractivity contribution >= 4 is 51.7 Å². The van der Waals surface area contributed by atoms with Crippen LogP contribution < -0.4 is 15.4 Å². The first kappa shape index (κ1) is 46.3. The van der Waals surface area contributed by atoms with Gasteiger partial charge in [0.15, 0.2) is 5.75 Å². The summed E-state index contributed by atoms with van der Waals surface area (Å²) in [7, 11) is 1.47. The first-order valence-corrected chi connectivity index (χ1v) is 21.8. The number of esters is 1. The van der Waals surface area contributed by atoms with E-state index in [1.165, 1.54) is 27.2 Å². The van der Waals surface area contributed by atoms with Crippen molar-refractivity contribution in [2.24, 2.45) is 28.7 Å². The Balaban J connectivity index is 1.37. The predicted molar refractivity (Wildman–Crippen MR) is 243 cm³/mol. The average molecular weight is 881 g/mol. The van der Waals surface area contributed by atoms with E-state index < -0.39 is 82.8 Å². The number of rotatable bonds is 4. The van der Waals surface area contributed by atoms with Gasteiger partial charge in [0, 0.05) is 87.0 Å². The van der Waals surface area contributed by atoms with Crippen LogP contribution in [0, 0.1) is 30.6 Å². The van der Waals surface area contributed by atoms with Crippen molar-refractivity contribution in [3.05, 3.63) is 83.2 Å². The molecule has 4 bridgehead atoms. The fourth-order valence-electron chi connectivity index (χ4n) is 9.55. The fourth-order valence-corrected chi connectivity index (χ4v) is 9.55. The van der Waals surface area contributed by atoms with Crippen LogP contribution in [0.15, 0.2) is 71.5 Å². The highest BCUT2D eigenvalue weighted by Gasteiger charge is 2.51. The number of nitrogens with zero attached hydrogens (tertiary/aromatic N) is 2. The van der Waals surface area contributed by atoms with Gasteiger partial charge >= 0.3 is 11.8 Å². The maximum Gasteiger partial charge on any atom is 0.312 e. The molecule has 4 heterocycles. The van der Waals surface area contributed by atoms with E-state index in [0.29, 0.717) is 25.2 Å². The minimum absolute atomic E-state index is 0.0417. The van der Waals surface area contributed by atoms with Crippen LogP contribution in [0.25, 0.3) is 10.8 Å². The number of ketones is 1. The van der Waals surface area contributed by atoms with Gasteiger partial charge in [0.2, 0.25) is 0 Å². The average Bonchev–Trinajstić information content (AvgIpc) is 3.78. The van der Waals surface area contributed by atoms with Crippen molar-refractivity contribution in [1.82, 2.24) is 4.90 Å². The Morgan fingerprint density at radius 3 is 2.38 bits per heavy atom. The third-order valence-electron chi connectivity index (χ3n) is 13.4. The van der Waals surface area contributed by atoms with Crippen molar-refractivity contribution in [3.8, 4) is 17.2 Å². The summed E-state index contributed by atoms with van der Waals surface area (Å²) in [5, 5.41) is 53.6. The number of aromatic hydroxyl groups is 2. The molecule has 15 nitrogen and oxygen atoms in total. The second kappa shape index (κ2) is 18.0. The van der Waals surface area contributed by atoms with Gasteiger partial charge in [0.1, 0.15) is 29.0 Å². The predicted octanol–water partition coefficient (Wildman–Crippen LogP) is 6.82. The van der Waals surface area contributed by atoms with Crippen molar-refractivity contribution in [3.63, 3.8) is 0 Å². The van der Waals surface area contributed by atoms with Crippen LogP contribution in [0.1, 0.15) is 76.4 Å². The number of fused-ring (bicyclic) bond motifs is 1. The molecule has 7 rings (SSSR count). The van der Waals surface area contributed by atoms with Gasteiger partial charge in [-0.15, -0.1) is 0 Å². The Labute approximate surface area is 373 Å². The summed E-state index contributed by atoms with van der Waals surface area (Å²) >= 11 is 0. The number of anilines is 2. The first-order chi connectivity index (χ1) is 30.3. The third kappa shape index (κ3) is 8.49. The number of benzene rings is 3.